The summed E-state index contributed by atoms with van der Waals surface area (Å²) in [6.45, 7) is 4.23. The molecule has 0 saturated heterocycles. The van der Waals surface area contributed by atoms with Crippen molar-refractivity contribution in [1.82, 2.24) is 0 Å². The van der Waals surface area contributed by atoms with Crippen LogP contribution in [0.4, 0.5) is 5.69 Å². The number of rotatable bonds is 8. The van der Waals surface area contributed by atoms with Crippen molar-refractivity contribution in [3.05, 3.63) is 54.1 Å². The lowest BCUT2D eigenvalue weighted by Gasteiger charge is -2.28. The molecule has 2 amide bonds. The molecular weight excluding hydrogens is 366 g/mol. The van der Waals surface area contributed by atoms with E-state index in [0.29, 0.717) is 42.1 Å². The van der Waals surface area contributed by atoms with Crippen LogP contribution < -0.4 is 21.5 Å². The van der Waals surface area contributed by atoms with Crippen LogP contribution in [0.2, 0.25) is 0 Å². The van der Waals surface area contributed by atoms with Gasteiger partial charge >= 0.3 is 0 Å². The number of benzene rings is 2. The number of anilines is 1. The van der Waals surface area contributed by atoms with Crippen LogP contribution in [-0.2, 0) is 4.79 Å². The summed E-state index contributed by atoms with van der Waals surface area (Å²) in [6, 6.07) is 13.7. The van der Waals surface area contributed by atoms with Crippen LogP contribution in [-0.4, -0.2) is 18.4 Å². The van der Waals surface area contributed by atoms with E-state index in [1.165, 1.54) is 0 Å². The Morgan fingerprint density at radius 3 is 2.15 bits per heavy atom. The molecule has 0 spiro atoms. The number of carbonyl (C=O) groups excluding carboxylic acids is 2. The summed E-state index contributed by atoms with van der Waals surface area (Å²) in [4.78, 5) is 24.0. The SMILES string of the molecule is CCC(CC)(CN)C(=O)Nc1ccc(Oc2ccccc2C(N)=O)cc1.Cl. The topological polar surface area (TPSA) is 107 Å². The molecule has 0 unspecified atom stereocenters. The lowest BCUT2D eigenvalue weighted by molar-refractivity contribution is -0.125. The molecule has 2 rings (SSSR count). The van der Waals surface area contributed by atoms with Crippen LogP contribution in [0.1, 0.15) is 37.0 Å². The first-order valence-corrected chi connectivity index (χ1v) is 8.64. The quantitative estimate of drug-likeness (QED) is 0.637. The van der Waals surface area contributed by atoms with Crippen LogP contribution >= 0.6 is 12.4 Å². The van der Waals surface area contributed by atoms with Crippen molar-refractivity contribution < 1.29 is 14.3 Å². The average molecular weight is 392 g/mol. The molecule has 0 saturated carbocycles. The van der Waals surface area contributed by atoms with E-state index in [2.05, 4.69) is 5.32 Å². The number of primary amides is 1. The van der Waals surface area contributed by atoms with Gasteiger partial charge < -0.3 is 21.5 Å². The fourth-order valence-electron chi connectivity index (χ4n) is 2.71. The molecule has 0 aromatic heterocycles. The van der Waals surface area contributed by atoms with E-state index in [4.69, 9.17) is 16.2 Å². The zero-order valence-corrected chi connectivity index (χ0v) is 16.3. The van der Waals surface area contributed by atoms with Gasteiger partial charge in [-0.2, -0.15) is 0 Å². The number of carbonyl (C=O) groups is 2. The Kier molecular flexibility index (Phi) is 8.28. The number of nitrogens with one attached hydrogen (secondary N) is 1. The molecule has 0 heterocycles. The summed E-state index contributed by atoms with van der Waals surface area (Å²) in [6.07, 6.45) is 1.36. The highest BCUT2D eigenvalue weighted by Crippen LogP contribution is 2.29. The molecule has 2 aromatic carbocycles. The van der Waals surface area contributed by atoms with E-state index in [9.17, 15) is 9.59 Å². The van der Waals surface area contributed by atoms with E-state index in [1.807, 2.05) is 13.8 Å². The van der Waals surface area contributed by atoms with E-state index in [-0.39, 0.29) is 18.3 Å². The molecule has 0 bridgehead atoms. The van der Waals surface area contributed by atoms with Gasteiger partial charge in [0.2, 0.25) is 5.91 Å². The number of nitrogens with two attached hydrogens (primary N) is 2. The molecule has 0 aliphatic carbocycles. The van der Waals surface area contributed by atoms with Crippen LogP contribution in [0, 0.1) is 5.41 Å². The monoisotopic (exact) mass is 391 g/mol. The van der Waals surface area contributed by atoms with E-state index in [0.717, 1.165) is 0 Å². The molecule has 27 heavy (non-hydrogen) atoms. The number of halogens is 1. The molecule has 0 aliphatic rings. The normalized spacial score (nSPS) is 10.6. The Morgan fingerprint density at radius 1 is 1.04 bits per heavy atom. The van der Waals surface area contributed by atoms with Gasteiger partial charge in [0.1, 0.15) is 11.5 Å². The third-order valence-electron chi connectivity index (χ3n) is 4.72. The zero-order valence-electron chi connectivity index (χ0n) is 15.5. The highest BCUT2D eigenvalue weighted by atomic mass is 35.5. The maximum Gasteiger partial charge on any atom is 0.252 e. The van der Waals surface area contributed by atoms with Crippen molar-refractivity contribution in [3.63, 3.8) is 0 Å². The van der Waals surface area contributed by atoms with Crippen molar-refractivity contribution in [2.45, 2.75) is 26.7 Å². The predicted octanol–water partition coefficient (Wildman–Crippen LogP) is 3.70. The summed E-state index contributed by atoms with van der Waals surface area (Å²) in [5, 5.41) is 2.91. The molecule has 146 valence electrons. The fourth-order valence-corrected chi connectivity index (χ4v) is 2.71. The summed E-state index contributed by atoms with van der Waals surface area (Å²) in [7, 11) is 0. The molecular formula is C20H26ClN3O3. The number of amides is 2. The summed E-state index contributed by atoms with van der Waals surface area (Å²) >= 11 is 0. The smallest absolute Gasteiger partial charge is 0.252 e. The van der Waals surface area contributed by atoms with E-state index < -0.39 is 11.3 Å². The largest absolute Gasteiger partial charge is 0.457 e. The lowest BCUT2D eigenvalue weighted by Crippen LogP contribution is -2.41. The van der Waals surface area contributed by atoms with E-state index >= 15 is 0 Å². The second-order valence-corrected chi connectivity index (χ2v) is 6.13. The number of ether oxygens (including phenoxy) is 1. The molecule has 6 nitrogen and oxygen atoms in total. The minimum Gasteiger partial charge on any atom is -0.457 e. The van der Waals surface area contributed by atoms with Crippen molar-refractivity contribution in [2.75, 3.05) is 11.9 Å². The standard InChI is InChI=1S/C20H25N3O3.ClH/c1-3-20(4-2,13-21)19(25)23-14-9-11-15(12-10-14)26-17-8-6-5-7-16(17)18(22)24;/h5-12H,3-4,13,21H2,1-2H3,(H2,22,24)(H,23,25);1H. The Balaban J connectivity index is 0.00000364. The molecule has 0 aliphatic heterocycles. The lowest BCUT2D eigenvalue weighted by atomic mass is 9.81. The summed E-state index contributed by atoms with van der Waals surface area (Å²) in [5.74, 6) is 0.281. The van der Waals surface area contributed by atoms with Gasteiger partial charge in [0.25, 0.3) is 5.91 Å². The number of para-hydroxylation sites is 1. The van der Waals surface area contributed by atoms with Crippen LogP contribution in [0.15, 0.2) is 48.5 Å². The molecule has 5 N–H and O–H groups in total. The van der Waals surface area contributed by atoms with Gasteiger partial charge in [-0.1, -0.05) is 26.0 Å². The minimum atomic E-state index is -0.560. The fraction of sp³-hybridized carbons (Fsp3) is 0.300. The summed E-state index contributed by atoms with van der Waals surface area (Å²) < 4.78 is 5.73. The van der Waals surface area contributed by atoms with Crippen molar-refractivity contribution >= 4 is 29.9 Å². The highest BCUT2D eigenvalue weighted by Gasteiger charge is 2.33. The Labute approximate surface area is 165 Å². The predicted molar refractivity (Wildman–Crippen MR) is 109 cm³/mol. The van der Waals surface area contributed by atoms with Crippen molar-refractivity contribution in [1.29, 1.82) is 0 Å². The molecule has 0 fully saturated rings. The maximum absolute atomic E-state index is 12.5. The number of hydrogen-bond acceptors (Lipinski definition) is 4. The first-order valence-electron chi connectivity index (χ1n) is 8.64. The van der Waals surface area contributed by atoms with Crippen LogP contribution in [0.5, 0.6) is 11.5 Å². The molecule has 2 aromatic rings. The summed E-state index contributed by atoms with van der Waals surface area (Å²) in [5.41, 5.74) is 11.6. The van der Waals surface area contributed by atoms with Gasteiger partial charge in [0, 0.05) is 12.2 Å². The van der Waals surface area contributed by atoms with Crippen LogP contribution in [0.25, 0.3) is 0 Å². The van der Waals surface area contributed by atoms with Gasteiger partial charge in [-0.25, -0.2) is 0 Å². The minimum absolute atomic E-state index is 0. The van der Waals surface area contributed by atoms with Crippen LogP contribution in [0.3, 0.4) is 0 Å². The van der Waals surface area contributed by atoms with Gasteiger partial charge in [-0.15, -0.1) is 12.4 Å². The molecule has 0 radical (unpaired) electrons. The van der Waals surface area contributed by atoms with Gasteiger partial charge in [0.05, 0.1) is 11.0 Å². The first-order chi connectivity index (χ1) is 12.5. The molecule has 7 heteroatoms. The number of hydrogen-bond donors (Lipinski definition) is 3. The second-order valence-electron chi connectivity index (χ2n) is 6.13. The Hall–Kier alpha value is -2.57. The second kappa shape index (κ2) is 9.94. The van der Waals surface area contributed by atoms with Crippen molar-refractivity contribution in [2.24, 2.45) is 16.9 Å². The third-order valence-corrected chi connectivity index (χ3v) is 4.72. The van der Waals surface area contributed by atoms with Gasteiger partial charge in [-0.05, 0) is 49.2 Å². The first kappa shape index (κ1) is 22.5. The maximum atomic E-state index is 12.5. The van der Waals surface area contributed by atoms with Gasteiger partial charge in [0.15, 0.2) is 0 Å². The Morgan fingerprint density at radius 2 is 1.63 bits per heavy atom. The van der Waals surface area contributed by atoms with E-state index in [1.54, 1.807) is 48.5 Å². The Bertz CT molecular complexity index is 766. The highest BCUT2D eigenvalue weighted by molar-refractivity contribution is 5.96. The third kappa shape index (κ3) is 5.21. The zero-order chi connectivity index (χ0) is 19.2. The average Bonchev–Trinajstić information content (AvgIpc) is 2.65. The van der Waals surface area contributed by atoms with Gasteiger partial charge in [-0.3, -0.25) is 9.59 Å². The van der Waals surface area contributed by atoms with Crippen molar-refractivity contribution in [3.8, 4) is 11.5 Å². The molecule has 0 atom stereocenters.